The Morgan fingerprint density at radius 2 is 1.85 bits per heavy atom. The molecule has 0 spiro atoms. The van der Waals surface area contributed by atoms with Crippen molar-refractivity contribution in [1.82, 2.24) is 5.32 Å². The number of benzene rings is 1. The Bertz CT molecular complexity index is 426. The van der Waals surface area contributed by atoms with Crippen molar-refractivity contribution in [3.63, 3.8) is 0 Å². The fraction of sp³-hybridized carbons (Fsp3) is 0.684. The van der Waals surface area contributed by atoms with E-state index in [1.807, 2.05) is 0 Å². The van der Waals surface area contributed by atoms with Gasteiger partial charge in [0.05, 0.1) is 0 Å². The first kappa shape index (κ1) is 14.1. The van der Waals surface area contributed by atoms with Crippen LogP contribution in [-0.4, -0.2) is 13.1 Å². The number of nitrogens with one attached hydrogen (secondary N) is 1. The Labute approximate surface area is 124 Å². The second kappa shape index (κ2) is 6.76. The number of fused-ring (bicyclic) bond motifs is 1. The minimum atomic E-state index is 0.749. The first-order chi connectivity index (χ1) is 9.84. The SMILES string of the molecule is CC1CCCCC1CNCC1CCCc2ccccc21. The number of rotatable bonds is 4. The summed E-state index contributed by atoms with van der Waals surface area (Å²) in [5.74, 6) is 2.59. The lowest BCUT2D eigenvalue weighted by molar-refractivity contribution is 0.246. The molecule has 3 unspecified atom stereocenters. The van der Waals surface area contributed by atoms with Gasteiger partial charge in [-0.05, 0) is 61.1 Å². The predicted octanol–water partition coefficient (Wildman–Crippen LogP) is 4.52. The maximum Gasteiger partial charge on any atom is 0.00203 e. The molecule has 1 N–H and O–H groups in total. The summed E-state index contributed by atoms with van der Waals surface area (Å²) >= 11 is 0. The molecule has 20 heavy (non-hydrogen) atoms. The van der Waals surface area contributed by atoms with E-state index in [2.05, 4.69) is 36.5 Å². The van der Waals surface area contributed by atoms with E-state index < -0.39 is 0 Å². The third-order valence-corrected chi connectivity index (χ3v) is 5.58. The van der Waals surface area contributed by atoms with Gasteiger partial charge in [-0.25, -0.2) is 0 Å². The third kappa shape index (κ3) is 3.25. The average Bonchev–Trinajstić information content (AvgIpc) is 2.49. The van der Waals surface area contributed by atoms with Gasteiger partial charge in [0.25, 0.3) is 0 Å². The molecule has 1 aromatic rings. The summed E-state index contributed by atoms with van der Waals surface area (Å²) in [6.07, 6.45) is 9.80. The molecule has 1 nitrogen and oxygen atoms in total. The Hall–Kier alpha value is -0.820. The molecule has 3 rings (SSSR count). The molecule has 2 aliphatic carbocycles. The van der Waals surface area contributed by atoms with Gasteiger partial charge in [-0.15, -0.1) is 0 Å². The van der Waals surface area contributed by atoms with E-state index in [-0.39, 0.29) is 0 Å². The van der Waals surface area contributed by atoms with Gasteiger partial charge in [0.15, 0.2) is 0 Å². The largest absolute Gasteiger partial charge is 0.316 e. The fourth-order valence-corrected chi connectivity index (χ4v) is 4.21. The predicted molar refractivity (Wildman–Crippen MR) is 86.1 cm³/mol. The summed E-state index contributed by atoms with van der Waals surface area (Å²) in [5.41, 5.74) is 3.21. The number of hydrogen-bond donors (Lipinski definition) is 1. The highest BCUT2D eigenvalue weighted by atomic mass is 14.9. The fourth-order valence-electron chi connectivity index (χ4n) is 4.21. The van der Waals surface area contributed by atoms with Crippen LogP contribution in [0.3, 0.4) is 0 Å². The summed E-state index contributed by atoms with van der Waals surface area (Å²) in [6.45, 7) is 4.86. The van der Waals surface area contributed by atoms with Gasteiger partial charge in [-0.3, -0.25) is 0 Å². The molecule has 2 aliphatic rings. The summed E-state index contributed by atoms with van der Waals surface area (Å²) in [4.78, 5) is 0. The molecule has 0 bridgehead atoms. The van der Waals surface area contributed by atoms with E-state index in [1.54, 1.807) is 11.1 Å². The van der Waals surface area contributed by atoms with Crippen molar-refractivity contribution in [3.8, 4) is 0 Å². The lowest BCUT2D eigenvalue weighted by atomic mass is 9.80. The standard InChI is InChI=1S/C19H29N/c1-15-7-2-3-9-17(15)13-20-14-18-11-6-10-16-8-4-5-12-19(16)18/h4-5,8,12,15,17-18,20H,2-3,6-7,9-11,13-14H2,1H3. The van der Waals surface area contributed by atoms with Crippen molar-refractivity contribution in [2.24, 2.45) is 11.8 Å². The lowest BCUT2D eigenvalue weighted by Gasteiger charge is -2.31. The van der Waals surface area contributed by atoms with Crippen LogP contribution in [0.5, 0.6) is 0 Å². The summed E-state index contributed by atoms with van der Waals surface area (Å²) in [6, 6.07) is 9.08. The first-order valence-electron chi connectivity index (χ1n) is 8.63. The Kier molecular flexibility index (Phi) is 4.77. The highest BCUT2D eigenvalue weighted by Gasteiger charge is 2.22. The van der Waals surface area contributed by atoms with Gasteiger partial charge in [0, 0.05) is 6.54 Å². The van der Waals surface area contributed by atoms with Crippen LogP contribution in [0.25, 0.3) is 0 Å². The molecule has 0 amide bonds. The number of aryl methyl sites for hydroxylation is 1. The van der Waals surface area contributed by atoms with E-state index in [0.717, 1.165) is 17.8 Å². The van der Waals surface area contributed by atoms with Crippen LogP contribution >= 0.6 is 0 Å². The topological polar surface area (TPSA) is 12.0 Å². The van der Waals surface area contributed by atoms with Crippen LogP contribution in [0.2, 0.25) is 0 Å². The second-order valence-electron chi connectivity index (χ2n) is 6.97. The Morgan fingerprint density at radius 3 is 2.75 bits per heavy atom. The molecule has 1 heteroatoms. The zero-order chi connectivity index (χ0) is 13.8. The van der Waals surface area contributed by atoms with E-state index in [4.69, 9.17) is 0 Å². The quantitative estimate of drug-likeness (QED) is 0.849. The second-order valence-corrected chi connectivity index (χ2v) is 6.97. The van der Waals surface area contributed by atoms with Crippen LogP contribution in [0.15, 0.2) is 24.3 Å². The molecule has 0 heterocycles. The van der Waals surface area contributed by atoms with Gasteiger partial charge in [-0.2, -0.15) is 0 Å². The Balaban J connectivity index is 1.52. The van der Waals surface area contributed by atoms with Crippen molar-refractivity contribution < 1.29 is 0 Å². The van der Waals surface area contributed by atoms with Crippen LogP contribution in [0.4, 0.5) is 0 Å². The molecule has 1 fully saturated rings. The van der Waals surface area contributed by atoms with Gasteiger partial charge >= 0.3 is 0 Å². The minimum absolute atomic E-state index is 0.749. The molecule has 1 saturated carbocycles. The highest BCUT2D eigenvalue weighted by molar-refractivity contribution is 5.32. The molecule has 1 aromatic carbocycles. The Morgan fingerprint density at radius 1 is 1.00 bits per heavy atom. The smallest absolute Gasteiger partial charge is 0.00203 e. The van der Waals surface area contributed by atoms with Crippen LogP contribution in [-0.2, 0) is 6.42 Å². The lowest BCUT2D eigenvalue weighted by Crippen LogP contribution is -2.32. The normalized spacial score (nSPS) is 29.9. The molecule has 0 radical (unpaired) electrons. The average molecular weight is 271 g/mol. The maximum absolute atomic E-state index is 3.80. The van der Waals surface area contributed by atoms with Gasteiger partial charge in [0.1, 0.15) is 0 Å². The highest BCUT2D eigenvalue weighted by Crippen LogP contribution is 2.32. The number of hydrogen-bond acceptors (Lipinski definition) is 1. The van der Waals surface area contributed by atoms with E-state index in [1.165, 1.54) is 58.0 Å². The van der Waals surface area contributed by atoms with Gasteiger partial charge < -0.3 is 5.32 Å². The van der Waals surface area contributed by atoms with Crippen LogP contribution in [0.1, 0.15) is 62.5 Å². The van der Waals surface area contributed by atoms with Crippen molar-refractivity contribution in [3.05, 3.63) is 35.4 Å². The van der Waals surface area contributed by atoms with Crippen molar-refractivity contribution in [2.45, 2.75) is 57.8 Å². The van der Waals surface area contributed by atoms with E-state index in [9.17, 15) is 0 Å². The zero-order valence-electron chi connectivity index (χ0n) is 12.9. The van der Waals surface area contributed by atoms with Crippen molar-refractivity contribution in [1.29, 1.82) is 0 Å². The monoisotopic (exact) mass is 271 g/mol. The van der Waals surface area contributed by atoms with E-state index >= 15 is 0 Å². The van der Waals surface area contributed by atoms with E-state index in [0.29, 0.717) is 0 Å². The molecular weight excluding hydrogens is 242 g/mol. The zero-order valence-corrected chi connectivity index (χ0v) is 12.9. The summed E-state index contributed by atoms with van der Waals surface area (Å²) in [7, 11) is 0. The molecule has 0 aliphatic heterocycles. The van der Waals surface area contributed by atoms with Crippen molar-refractivity contribution >= 4 is 0 Å². The van der Waals surface area contributed by atoms with Gasteiger partial charge in [-0.1, -0.05) is 50.5 Å². The van der Waals surface area contributed by atoms with Gasteiger partial charge in [0.2, 0.25) is 0 Å². The third-order valence-electron chi connectivity index (χ3n) is 5.58. The maximum atomic E-state index is 3.80. The molecule has 110 valence electrons. The molecule has 0 saturated heterocycles. The van der Waals surface area contributed by atoms with Crippen LogP contribution in [0, 0.1) is 11.8 Å². The van der Waals surface area contributed by atoms with Crippen molar-refractivity contribution in [2.75, 3.05) is 13.1 Å². The summed E-state index contributed by atoms with van der Waals surface area (Å²) < 4.78 is 0. The minimum Gasteiger partial charge on any atom is -0.316 e. The molecule has 0 aromatic heterocycles. The molecular formula is C19H29N. The summed E-state index contributed by atoms with van der Waals surface area (Å²) in [5, 5.41) is 3.80. The molecule has 3 atom stereocenters. The first-order valence-corrected chi connectivity index (χ1v) is 8.63. The van der Waals surface area contributed by atoms with Crippen LogP contribution < -0.4 is 5.32 Å².